The quantitative estimate of drug-likeness (QED) is 0.411. The van der Waals surface area contributed by atoms with E-state index in [1.54, 1.807) is 11.6 Å². The number of hydrogen-bond acceptors (Lipinski definition) is 5. The first-order valence-corrected chi connectivity index (χ1v) is 10.6. The fourth-order valence-corrected chi connectivity index (χ4v) is 3.33. The number of esters is 1. The molecule has 1 heterocycles. The fourth-order valence-electron chi connectivity index (χ4n) is 3.33. The summed E-state index contributed by atoms with van der Waals surface area (Å²) in [6.45, 7) is 8.45. The Labute approximate surface area is 188 Å². The van der Waals surface area contributed by atoms with Crippen LogP contribution in [0.3, 0.4) is 0 Å². The Morgan fingerprint density at radius 1 is 1.00 bits per heavy atom. The van der Waals surface area contributed by atoms with Crippen LogP contribution in [0.1, 0.15) is 38.4 Å². The summed E-state index contributed by atoms with van der Waals surface area (Å²) in [7, 11) is 0. The monoisotopic (exact) mass is 435 g/mol. The van der Waals surface area contributed by atoms with Crippen LogP contribution in [-0.4, -0.2) is 41.4 Å². The van der Waals surface area contributed by atoms with Crippen LogP contribution in [0.4, 0.5) is 0 Å². The third kappa shape index (κ3) is 6.20. The van der Waals surface area contributed by atoms with Crippen LogP contribution in [0.2, 0.25) is 0 Å². The molecule has 0 fully saturated rings. The van der Waals surface area contributed by atoms with Gasteiger partial charge in [-0.2, -0.15) is 5.10 Å². The molecule has 7 nitrogen and oxygen atoms in total. The van der Waals surface area contributed by atoms with Crippen molar-refractivity contribution >= 4 is 11.9 Å². The summed E-state index contributed by atoms with van der Waals surface area (Å²) in [5, 5.41) is 7.15. The summed E-state index contributed by atoms with van der Waals surface area (Å²) in [6, 6.07) is 15.8. The summed E-state index contributed by atoms with van der Waals surface area (Å²) in [6.07, 6.45) is 0. The van der Waals surface area contributed by atoms with E-state index < -0.39 is 5.97 Å². The molecule has 0 radical (unpaired) electrons. The molecule has 0 aliphatic heterocycles. The topological polar surface area (TPSA) is 82.5 Å². The molecule has 3 aromatic rings. The lowest BCUT2D eigenvalue weighted by Crippen LogP contribution is -2.32. The minimum Gasteiger partial charge on any atom is -0.492 e. The highest BCUT2D eigenvalue weighted by Gasteiger charge is 2.21. The van der Waals surface area contributed by atoms with Crippen molar-refractivity contribution in [3.05, 3.63) is 82.2 Å². The molecule has 0 spiro atoms. The molecule has 0 atom stereocenters. The predicted octanol–water partition coefficient (Wildman–Crippen LogP) is 3.52. The highest BCUT2D eigenvalue weighted by molar-refractivity contribution is 5.93. The van der Waals surface area contributed by atoms with Gasteiger partial charge in [-0.3, -0.25) is 9.48 Å². The average molecular weight is 436 g/mol. The number of amides is 1. The van der Waals surface area contributed by atoms with Crippen molar-refractivity contribution in [1.29, 1.82) is 0 Å². The van der Waals surface area contributed by atoms with Gasteiger partial charge in [-0.05, 0) is 51.0 Å². The van der Waals surface area contributed by atoms with Crippen molar-refractivity contribution in [3.63, 3.8) is 0 Å². The van der Waals surface area contributed by atoms with Gasteiger partial charge in [-0.15, -0.1) is 0 Å². The van der Waals surface area contributed by atoms with E-state index in [0.717, 1.165) is 16.9 Å². The lowest BCUT2D eigenvalue weighted by atomic mass is 10.1. The number of ether oxygens (including phenoxy) is 2. The molecule has 0 saturated heterocycles. The Morgan fingerprint density at radius 3 is 2.47 bits per heavy atom. The van der Waals surface area contributed by atoms with Crippen molar-refractivity contribution < 1.29 is 19.1 Å². The Balaban J connectivity index is 1.47. The first kappa shape index (κ1) is 23.1. The maximum absolute atomic E-state index is 12.6. The zero-order valence-corrected chi connectivity index (χ0v) is 19.0. The highest BCUT2D eigenvalue weighted by Crippen LogP contribution is 2.16. The van der Waals surface area contributed by atoms with Crippen molar-refractivity contribution in [1.82, 2.24) is 15.1 Å². The number of hydrogen-bond donors (Lipinski definition) is 1. The van der Waals surface area contributed by atoms with Gasteiger partial charge in [-0.25, -0.2) is 4.79 Å². The van der Waals surface area contributed by atoms with E-state index in [4.69, 9.17) is 9.47 Å². The Morgan fingerprint density at radius 2 is 1.75 bits per heavy atom. The van der Waals surface area contributed by atoms with Crippen molar-refractivity contribution in [3.8, 4) is 5.75 Å². The van der Waals surface area contributed by atoms with Gasteiger partial charge in [0.25, 0.3) is 5.91 Å². The van der Waals surface area contributed by atoms with E-state index in [2.05, 4.69) is 10.4 Å². The van der Waals surface area contributed by atoms with Crippen molar-refractivity contribution in [2.24, 2.45) is 0 Å². The molecule has 0 aliphatic carbocycles. The van der Waals surface area contributed by atoms with Crippen LogP contribution >= 0.6 is 0 Å². The van der Waals surface area contributed by atoms with E-state index in [1.165, 1.54) is 5.56 Å². The molecule has 0 bridgehead atoms. The van der Waals surface area contributed by atoms with Crippen LogP contribution in [0.15, 0.2) is 48.5 Å². The molecule has 2 aromatic carbocycles. The smallest absolute Gasteiger partial charge is 0.342 e. The minimum atomic E-state index is -0.554. The Bertz CT molecular complexity index is 1090. The standard InChI is InChI=1S/C25H29N3O4/c1-17-8-10-21(11-9-17)15-28-20(4)24(19(3)27-28)25(30)32-16-23(29)26-12-13-31-22-7-5-6-18(2)14-22/h5-11,14H,12-13,15-16H2,1-4H3,(H,26,29). The number of benzene rings is 2. The lowest BCUT2D eigenvalue weighted by molar-refractivity contribution is -0.124. The van der Waals surface area contributed by atoms with Crippen LogP contribution in [0, 0.1) is 27.7 Å². The first-order valence-electron chi connectivity index (χ1n) is 10.6. The maximum Gasteiger partial charge on any atom is 0.342 e. The zero-order chi connectivity index (χ0) is 23.1. The summed E-state index contributed by atoms with van der Waals surface area (Å²) < 4.78 is 12.6. The molecule has 32 heavy (non-hydrogen) atoms. The summed E-state index contributed by atoms with van der Waals surface area (Å²) in [5.41, 5.74) is 5.06. The van der Waals surface area contributed by atoms with Gasteiger partial charge in [-0.1, -0.05) is 42.0 Å². The van der Waals surface area contributed by atoms with Crippen molar-refractivity contribution in [2.45, 2.75) is 34.2 Å². The minimum absolute atomic E-state index is 0.316. The molecule has 168 valence electrons. The van der Waals surface area contributed by atoms with E-state index in [-0.39, 0.29) is 12.5 Å². The molecule has 1 amide bonds. The van der Waals surface area contributed by atoms with Gasteiger partial charge >= 0.3 is 5.97 Å². The second-order valence-corrected chi connectivity index (χ2v) is 7.78. The number of aromatic nitrogens is 2. The summed E-state index contributed by atoms with van der Waals surface area (Å²) in [5.74, 6) is -0.186. The van der Waals surface area contributed by atoms with Gasteiger partial charge in [0, 0.05) is 0 Å². The molecule has 0 aliphatic rings. The fraction of sp³-hybridized carbons (Fsp3) is 0.320. The molecular formula is C25H29N3O4. The van der Waals surface area contributed by atoms with Gasteiger partial charge in [0.05, 0.1) is 24.5 Å². The van der Waals surface area contributed by atoms with Crippen LogP contribution < -0.4 is 10.1 Å². The highest BCUT2D eigenvalue weighted by atomic mass is 16.5. The number of aryl methyl sites for hydroxylation is 3. The molecule has 3 rings (SSSR count). The summed E-state index contributed by atoms with van der Waals surface area (Å²) in [4.78, 5) is 24.6. The van der Waals surface area contributed by atoms with Crippen molar-refractivity contribution in [2.75, 3.05) is 19.8 Å². The Kier molecular flexibility index (Phi) is 7.65. The normalized spacial score (nSPS) is 10.6. The lowest BCUT2D eigenvalue weighted by Gasteiger charge is -2.09. The molecular weight excluding hydrogens is 406 g/mol. The SMILES string of the molecule is Cc1ccc(Cn2nc(C)c(C(=O)OCC(=O)NCCOc3cccc(C)c3)c2C)cc1. The average Bonchev–Trinajstić information content (AvgIpc) is 3.04. The predicted molar refractivity (Wildman–Crippen MR) is 122 cm³/mol. The van der Waals surface area contributed by atoms with Crippen LogP contribution in [0.5, 0.6) is 5.75 Å². The van der Waals surface area contributed by atoms with E-state index in [9.17, 15) is 9.59 Å². The van der Waals surface area contributed by atoms with Gasteiger partial charge in [0.1, 0.15) is 17.9 Å². The van der Waals surface area contributed by atoms with E-state index >= 15 is 0 Å². The van der Waals surface area contributed by atoms with Gasteiger partial charge < -0.3 is 14.8 Å². The van der Waals surface area contributed by atoms with Gasteiger partial charge in [0.2, 0.25) is 0 Å². The second kappa shape index (κ2) is 10.6. The molecule has 1 aromatic heterocycles. The zero-order valence-electron chi connectivity index (χ0n) is 19.0. The van der Waals surface area contributed by atoms with Crippen LogP contribution in [0.25, 0.3) is 0 Å². The molecule has 0 saturated carbocycles. The third-order valence-corrected chi connectivity index (χ3v) is 5.06. The number of carbonyl (C=O) groups is 2. The van der Waals surface area contributed by atoms with E-state index in [1.807, 2.05) is 69.3 Å². The second-order valence-electron chi connectivity index (χ2n) is 7.78. The summed E-state index contributed by atoms with van der Waals surface area (Å²) >= 11 is 0. The third-order valence-electron chi connectivity index (χ3n) is 5.06. The molecule has 0 unspecified atom stereocenters. The maximum atomic E-state index is 12.6. The number of nitrogens with zero attached hydrogens (tertiary/aromatic N) is 2. The molecule has 7 heteroatoms. The van der Waals surface area contributed by atoms with Gasteiger partial charge in [0.15, 0.2) is 6.61 Å². The van der Waals surface area contributed by atoms with Crippen LogP contribution in [-0.2, 0) is 16.1 Å². The first-order chi connectivity index (χ1) is 15.3. The number of nitrogens with one attached hydrogen (secondary N) is 1. The number of carbonyl (C=O) groups excluding carboxylic acids is 2. The largest absolute Gasteiger partial charge is 0.492 e. The van der Waals surface area contributed by atoms with E-state index in [0.29, 0.717) is 36.6 Å². The Hall–Kier alpha value is -3.61. The molecule has 1 N–H and O–H groups in total. The number of rotatable bonds is 9.